The van der Waals surface area contributed by atoms with E-state index in [2.05, 4.69) is 15.3 Å². The summed E-state index contributed by atoms with van der Waals surface area (Å²) < 4.78 is 5.77. The Bertz CT molecular complexity index is 629. The van der Waals surface area contributed by atoms with Gasteiger partial charge in [-0.05, 0) is 38.0 Å². The van der Waals surface area contributed by atoms with Crippen molar-refractivity contribution in [2.45, 2.75) is 31.2 Å². The second-order valence-electron chi connectivity index (χ2n) is 5.15. The molecule has 1 N–H and O–H groups in total. The van der Waals surface area contributed by atoms with Crippen molar-refractivity contribution >= 4 is 17.7 Å². The number of nitrogens with zero attached hydrogens (tertiary/aromatic N) is 2. The minimum Gasteiger partial charge on any atom is -0.491 e. The first kappa shape index (κ1) is 17.3. The van der Waals surface area contributed by atoms with Gasteiger partial charge in [0.15, 0.2) is 5.16 Å². The van der Waals surface area contributed by atoms with Crippen LogP contribution in [0.15, 0.2) is 41.8 Å². The second kappa shape index (κ2) is 8.53. The Morgan fingerprint density at radius 3 is 2.52 bits per heavy atom. The Labute approximate surface area is 140 Å². The van der Waals surface area contributed by atoms with Crippen molar-refractivity contribution in [3.05, 3.63) is 47.8 Å². The van der Waals surface area contributed by atoms with E-state index in [4.69, 9.17) is 4.74 Å². The van der Waals surface area contributed by atoms with Crippen molar-refractivity contribution in [2.75, 3.05) is 13.2 Å². The van der Waals surface area contributed by atoms with Gasteiger partial charge in [-0.15, -0.1) is 0 Å². The summed E-state index contributed by atoms with van der Waals surface area (Å²) in [5.74, 6) is 0.842. The molecule has 1 heterocycles. The van der Waals surface area contributed by atoms with Gasteiger partial charge in [-0.3, -0.25) is 4.79 Å². The van der Waals surface area contributed by atoms with E-state index >= 15 is 0 Å². The molecule has 1 aromatic heterocycles. The van der Waals surface area contributed by atoms with E-state index < -0.39 is 0 Å². The van der Waals surface area contributed by atoms with E-state index in [0.29, 0.717) is 18.3 Å². The molecule has 5 nitrogen and oxygen atoms in total. The topological polar surface area (TPSA) is 64.1 Å². The Kier molecular flexibility index (Phi) is 6.40. The van der Waals surface area contributed by atoms with Crippen molar-refractivity contribution < 1.29 is 9.53 Å². The van der Waals surface area contributed by atoms with Gasteiger partial charge in [0.1, 0.15) is 12.4 Å². The summed E-state index contributed by atoms with van der Waals surface area (Å²) in [6, 6.07) is 7.78. The lowest BCUT2D eigenvalue weighted by Crippen LogP contribution is -2.34. The molecule has 0 bridgehead atoms. The number of carbonyl (C=O) groups excluding carboxylic acids is 1. The van der Waals surface area contributed by atoms with Crippen LogP contribution in [-0.2, 0) is 4.79 Å². The normalized spacial score (nSPS) is 11.8. The minimum atomic E-state index is -0.252. The van der Waals surface area contributed by atoms with Gasteiger partial charge < -0.3 is 10.1 Å². The fraction of sp³-hybridized carbons (Fsp3) is 0.353. The van der Waals surface area contributed by atoms with Crippen molar-refractivity contribution in [3.8, 4) is 5.75 Å². The predicted octanol–water partition coefficient (Wildman–Crippen LogP) is 2.77. The van der Waals surface area contributed by atoms with Crippen LogP contribution < -0.4 is 10.1 Å². The molecule has 0 unspecified atom stereocenters. The van der Waals surface area contributed by atoms with Gasteiger partial charge >= 0.3 is 0 Å². The zero-order chi connectivity index (χ0) is 16.7. The van der Waals surface area contributed by atoms with E-state index in [1.807, 2.05) is 39.0 Å². The first-order chi connectivity index (χ1) is 11.1. The molecule has 0 spiro atoms. The molecule has 0 radical (unpaired) electrons. The van der Waals surface area contributed by atoms with Crippen LogP contribution in [0.4, 0.5) is 0 Å². The summed E-state index contributed by atoms with van der Waals surface area (Å²) in [5, 5.41) is 3.22. The number of hydrogen-bond acceptors (Lipinski definition) is 5. The van der Waals surface area contributed by atoms with Gasteiger partial charge in [0.25, 0.3) is 0 Å². The van der Waals surface area contributed by atoms with Crippen molar-refractivity contribution in [2.24, 2.45) is 0 Å². The maximum absolute atomic E-state index is 12.0. The van der Waals surface area contributed by atoms with E-state index in [9.17, 15) is 4.79 Å². The van der Waals surface area contributed by atoms with Gasteiger partial charge in [-0.2, -0.15) is 0 Å². The highest BCUT2D eigenvalue weighted by atomic mass is 32.2. The van der Waals surface area contributed by atoms with Crippen molar-refractivity contribution in [3.63, 3.8) is 0 Å². The van der Waals surface area contributed by atoms with Gasteiger partial charge in [0.05, 0.1) is 11.8 Å². The molecule has 0 aliphatic heterocycles. The molecule has 6 heteroatoms. The number of thioether (sulfide) groups is 1. The quantitative estimate of drug-likeness (QED) is 0.480. The van der Waals surface area contributed by atoms with Gasteiger partial charge in [0, 0.05) is 12.4 Å². The molecular formula is C17H21N3O2S. The number of benzene rings is 1. The summed E-state index contributed by atoms with van der Waals surface area (Å²) in [6.45, 7) is 6.77. The monoisotopic (exact) mass is 331 g/mol. The number of amides is 1. The number of carbonyl (C=O) groups is 1. The lowest BCUT2D eigenvalue weighted by molar-refractivity contribution is -0.120. The number of para-hydroxylation sites is 1. The fourth-order valence-electron chi connectivity index (χ4n) is 2.06. The molecule has 1 aromatic carbocycles. The summed E-state index contributed by atoms with van der Waals surface area (Å²) >= 11 is 1.34. The molecule has 0 saturated heterocycles. The standard InChI is InChI=1S/C17H21N3O2S/c1-12-6-4-7-13(2)15(12)22-11-10-18-16(21)14(3)23-17-19-8-5-9-20-17/h4-9,14H,10-11H2,1-3H3,(H,18,21)/t14-/m0/s1. The summed E-state index contributed by atoms with van der Waals surface area (Å²) in [7, 11) is 0. The van der Waals surface area contributed by atoms with Gasteiger partial charge in [-0.1, -0.05) is 30.0 Å². The molecule has 2 aromatic rings. The minimum absolute atomic E-state index is 0.0486. The zero-order valence-corrected chi connectivity index (χ0v) is 14.4. The predicted molar refractivity (Wildman–Crippen MR) is 91.8 cm³/mol. The molecule has 0 saturated carbocycles. The van der Waals surface area contributed by atoms with E-state index in [1.54, 1.807) is 18.5 Å². The molecule has 1 amide bonds. The van der Waals surface area contributed by atoms with Crippen LogP contribution in [0.3, 0.4) is 0 Å². The summed E-state index contributed by atoms with van der Waals surface area (Å²) in [5.41, 5.74) is 2.20. The summed E-state index contributed by atoms with van der Waals surface area (Å²) in [6.07, 6.45) is 3.33. The molecule has 0 aliphatic carbocycles. The SMILES string of the molecule is Cc1cccc(C)c1OCCNC(=O)[C@H](C)Sc1ncccn1. The maximum Gasteiger partial charge on any atom is 0.233 e. The van der Waals surface area contributed by atoms with Crippen molar-refractivity contribution in [1.82, 2.24) is 15.3 Å². The Hall–Kier alpha value is -2.08. The summed E-state index contributed by atoms with van der Waals surface area (Å²) in [4.78, 5) is 20.3. The third kappa shape index (κ3) is 5.25. The lowest BCUT2D eigenvalue weighted by Gasteiger charge is -2.14. The zero-order valence-electron chi connectivity index (χ0n) is 13.6. The maximum atomic E-state index is 12.0. The molecule has 1 atom stereocenters. The molecular weight excluding hydrogens is 310 g/mol. The van der Waals surface area contributed by atoms with Crippen LogP contribution >= 0.6 is 11.8 Å². The third-order valence-electron chi connectivity index (χ3n) is 3.25. The van der Waals surface area contributed by atoms with Gasteiger partial charge in [-0.25, -0.2) is 9.97 Å². The lowest BCUT2D eigenvalue weighted by atomic mass is 10.1. The highest BCUT2D eigenvalue weighted by Crippen LogP contribution is 2.22. The molecule has 0 aliphatic rings. The van der Waals surface area contributed by atoms with Crippen LogP contribution in [0.1, 0.15) is 18.1 Å². The Morgan fingerprint density at radius 1 is 1.22 bits per heavy atom. The van der Waals surface area contributed by atoms with Crippen LogP contribution in [0.2, 0.25) is 0 Å². The Balaban J connectivity index is 1.74. The third-order valence-corrected chi connectivity index (χ3v) is 4.24. The van der Waals surface area contributed by atoms with E-state index in [0.717, 1.165) is 16.9 Å². The highest BCUT2D eigenvalue weighted by Gasteiger charge is 2.15. The van der Waals surface area contributed by atoms with Crippen LogP contribution in [0.25, 0.3) is 0 Å². The molecule has 23 heavy (non-hydrogen) atoms. The van der Waals surface area contributed by atoms with Crippen LogP contribution in [0.5, 0.6) is 5.75 Å². The van der Waals surface area contributed by atoms with Crippen LogP contribution in [-0.4, -0.2) is 34.3 Å². The largest absolute Gasteiger partial charge is 0.491 e. The van der Waals surface area contributed by atoms with Gasteiger partial charge in [0.2, 0.25) is 5.91 Å². The number of aromatic nitrogens is 2. The molecule has 2 rings (SSSR count). The van der Waals surface area contributed by atoms with Crippen molar-refractivity contribution in [1.29, 1.82) is 0 Å². The fourth-order valence-corrected chi connectivity index (χ4v) is 2.81. The van der Waals surface area contributed by atoms with Crippen LogP contribution in [0, 0.1) is 13.8 Å². The number of hydrogen-bond donors (Lipinski definition) is 1. The number of aryl methyl sites for hydroxylation is 2. The van der Waals surface area contributed by atoms with E-state index in [1.165, 1.54) is 11.8 Å². The number of rotatable bonds is 7. The molecule has 0 fully saturated rings. The Morgan fingerprint density at radius 2 is 1.87 bits per heavy atom. The van der Waals surface area contributed by atoms with E-state index in [-0.39, 0.29) is 11.2 Å². The average molecular weight is 331 g/mol. The smallest absolute Gasteiger partial charge is 0.233 e. The number of ether oxygens (including phenoxy) is 1. The number of nitrogens with one attached hydrogen (secondary N) is 1. The first-order valence-electron chi connectivity index (χ1n) is 7.48. The second-order valence-corrected chi connectivity index (χ2v) is 6.46. The molecule has 122 valence electrons. The first-order valence-corrected chi connectivity index (χ1v) is 8.36. The highest BCUT2D eigenvalue weighted by molar-refractivity contribution is 8.00. The average Bonchev–Trinajstić information content (AvgIpc) is 2.54.